The molecule has 0 N–H and O–H groups in total. The highest BCUT2D eigenvalue weighted by molar-refractivity contribution is 6.31. The van der Waals surface area contributed by atoms with Crippen LogP contribution >= 0.6 is 11.6 Å². The van der Waals surface area contributed by atoms with E-state index in [9.17, 15) is 4.79 Å². The molecule has 1 fully saturated rings. The third kappa shape index (κ3) is 4.00. The molecule has 8 nitrogen and oxygen atoms in total. The minimum Gasteiger partial charge on any atom is -0.375 e. The lowest BCUT2D eigenvalue weighted by Crippen LogP contribution is -2.37. The van der Waals surface area contributed by atoms with E-state index in [1.807, 2.05) is 39.6 Å². The first-order valence-electron chi connectivity index (χ1n) is 11.0. The summed E-state index contributed by atoms with van der Waals surface area (Å²) in [5.74, 6) is 1.51. The number of carbonyl (C=O) groups excluding carboxylic acids is 1. The van der Waals surface area contributed by atoms with Crippen molar-refractivity contribution < 1.29 is 9.53 Å². The maximum Gasteiger partial charge on any atom is 0.248 e. The van der Waals surface area contributed by atoms with Crippen molar-refractivity contribution in [2.24, 2.45) is 0 Å². The van der Waals surface area contributed by atoms with Gasteiger partial charge in [0.05, 0.1) is 5.52 Å². The Morgan fingerprint density at radius 1 is 1.09 bits per heavy atom. The van der Waals surface area contributed by atoms with Gasteiger partial charge < -0.3 is 14.5 Å². The van der Waals surface area contributed by atoms with E-state index in [1.54, 1.807) is 7.11 Å². The Bertz CT molecular complexity index is 1340. The van der Waals surface area contributed by atoms with E-state index in [-0.39, 0.29) is 12.5 Å². The number of aromatic nitrogens is 4. The third-order valence-electron chi connectivity index (χ3n) is 6.07. The number of halogens is 1. The second-order valence-electron chi connectivity index (χ2n) is 8.23. The molecule has 0 saturated carbocycles. The van der Waals surface area contributed by atoms with Crippen LogP contribution in [-0.2, 0) is 9.53 Å². The van der Waals surface area contributed by atoms with E-state index in [4.69, 9.17) is 21.3 Å². The molecule has 1 aliphatic heterocycles. The van der Waals surface area contributed by atoms with E-state index in [1.165, 1.54) is 0 Å². The minimum absolute atomic E-state index is 0.00708. The number of anilines is 1. The van der Waals surface area contributed by atoms with Gasteiger partial charge in [0.25, 0.3) is 0 Å². The first-order chi connectivity index (χ1) is 16.1. The largest absolute Gasteiger partial charge is 0.375 e. The topological polar surface area (TPSA) is 75.9 Å². The summed E-state index contributed by atoms with van der Waals surface area (Å²) in [6.45, 7) is 4.86. The van der Waals surface area contributed by atoms with Gasteiger partial charge >= 0.3 is 0 Å². The van der Waals surface area contributed by atoms with Crippen LogP contribution in [-0.4, -0.2) is 70.3 Å². The van der Waals surface area contributed by atoms with Gasteiger partial charge in [-0.05, 0) is 37.1 Å². The number of benzene rings is 2. The summed E-state index contributed by atoms with van der Waals surface area (Å²) in [5.41, 5.74) is 3.63. The van der Waals surface area contributed by atoms with Crippen LogP contribution in [0, 0.1) is 6.92 Å². The van der Waals surface area contributed by atoms with Crippen LogP contribution in [0.1, 0.15) is 12.0 Å². The summed E-state index contributed by atoms with van der Waals surface area (Å²) in [4.78, 5) is 21.5. The van der Waals surface area contributed by atoms with Crippen LogP contribution in [0.25, 0.3) is 27.9 Å². The zero-order chi connectivity index (χ0) is 22.9. The Morgan fingerprint density at radius 2 is 1.94 bits per heavy atom. The molecule has 4 aromatic rings. The molecule has 33 heavy (non-hydrogen) atoms. The smallest absolute Gasteiger partial charge is 0.248 e. The van der Waals surface area contributed by atoms with Crippen molar-refractivity contribution in [3.05, 3.63) is 53.1 Å². The van der Waals surface area contributed by atoms with Crippen molar-refractivity contribution in [1.82, 2.24) is 24.5 Å². The summed E-state index contributed by atoms with van der Waals surface area (Å²) in [6, 6.07) is 13.8. The lowest BCUT2D eigenvalue weighted by atomic mass is 10.1. The second kappa shape index (κ2) is 8.96. The molecular formula is C24H25ClN6O2. The van der Waals surface area contributed by atoms with Crippen LogP contribution in [0.3, 0.4) is 0 Å². The molecule has 0 atom stereocenters. The Labute approximate surface area is 196 Å². The number of nitrogens with zero attached hydrogens (tertiary/aromatic N) is 6. The SMILES string of the molecule is COCC(=O)N1CCCN(c2nc3cc(Cl)ccc3c3nnc(-c4ccccc4C)n23)CC1. The van der Waals surface area contributed by atoms with Gasteiger partial charge in [0.15, 0.2) is 11.5 Å². The van der Waals surface area contributed by atoms with Crippen LogP contribution < -0.4 is 4.90 Å². The molecule has 0 spiro atoms. The lowest BCUT2D eigenvalue weighted by Gasteiger charge is -2.24. The van der Waals surface area contributed by atoms with Gasteiger partial charge in [-0.3, -0.25) is 4.79 Å². The molecule has 3 heterocycles. The number of ether oxygens (including phenoxy) is 1. The van der Waals surface area contributed by atoms with Crippen LogP contribution in [0.15, 0.2) is 42.5 Å². The van der Waals surface area contributed by atoms with Crippen molar-refractivity contribution in [2.45, 2.75) is 13.3 Å². The van der Waals surface area contributed by atoms with E-state index in [0.29, 0.717) is 24.7 Å². The molecule has 1 saturated heterocycles. The second-order valence-corrected chi connectivity index (χ2v) is 8.66. The molecule has 2 aromatic carbocycles. The molecule has 170 valence electrons. The fourth-order valence-electron chi connectivity index (χ4n) is 4.38. The van der Waals surface area contributed by atoms with Crippen molar-refractivity contribution in [3.8, 4) is 11.4 Å². The van der Waals surface area contributed by atoms with Crippen molar-refractivity contribution in [1.29, 1.82) is 0 Å². The van der Waals surface area contributed by atoms with E-state index in [2.05, 4.69) is 34.2 Å². The number of aryl methyl sites for hydroxylation is 1. The predicted octanol–water partition coefficient (Wildman–Crippen LogP) is 3.59. The zero-order valence-electron chi connectivity index (χ0n) is 18.7. The molecule has 1 aliphatic rings. The summed E-state index contributed by atoms with van der Waals surface area (Å²) in [6.07, 6.45) is 0.827. The molecule has 0 aliphatic carbocycles. The average Bonchev–Trinajstić information content (AvgIpc) is 3.09. The number of fused-ring (bicyclic) bond motifs is 3. The van der Waals surface area contributed by atoms with Crippen molar-refractivity contribution in [3.63, 3.8) is 0 Å². The van der Waals surface area contributed by atoms with Gasteiger partial charge in [-0.2, -0.15) is 0 Å². The van der Waals surface area contributed by atoms with E-state index < -0.39 is 0 Å². The molecule has 9 heteroatoms. The maximum absolute atomic E-state index is 12.4. The van der Waals surface area contributed by atoms with Gasteiger partial charge in [-0.25, -0.2) is 9.38 Å². The Morgan fingerprint density at radius 3 is 2.76 bits per heavy atom. The van der Waals surface area contributed by atoms with Crippen molar-refractivity contribution >= 4 is 40.0 Å². The molecule has 2 aromatic heterocycles. The molecule has 1 amide bonds. The quantitative estimate of drug-likeness (QED) is 0.459. The lowest BCUT2D eigenvalue weighted by molar-refractivity contribution is -0.134. The maximum atomic E-state index is 12.4. The van der Waals surface area contributed by atoms with Gasteiger partial charge in [0.1, 0.15) is 6.61 Å². The molecule has 0 bridgehead atoms. The number of amides is 1. The summed E-state index contributed by atoms with van der Waals surface area (Å²) >= 11 is 6.29. The fraction of sp³-hybridized carbons (Fsp3) is 0.333. The summed E-state index contributed by atoms with van der Waals surface area (Å²) in [7, 11) is 1.54. The zero-order valence-corrected chi connectivity index (χ0v) is 19.4. The highest BCUT2D eigenvalue weighted by Gasteiger charge is 2.24. The Hall–Kier alpha value is -3.23. The fourth-order valence-corrected chi connectivity index (χ4v) is 4.55. The van der Waals surface area contributed by atoms with Crippen molar-refractivity contribution in [2.75, 3.05) is 44.8 Å². The monoisotopic (exact) mass is 464 g/mol. The third-order valence-corrected chi connectivity index (χ3v) is 6.30. The van der Waals surface area contributed by atoms with Gasteiger partial charge in [0.2, 0.25) is 11.9 Å². The minimum atomic E-state index is 0.00708. The average molecular weight is 465 g/mol. The standard InChI is InChI=1S/C24H25ClN6O2/c1-16-6-3-4-7-18(16)22-27-28-23-19-9-8-17(25)14-20(19)26-24(31(22)23)30-11-5-10-29(12-13-30)21(32)15-33-2/h3-4,6-9,14H,5,10-13,15H2,1-2H3. The van der Waals surface area contributed by atoms with Crippen LogP contribution in [0.4, 0.5) is 5.95 Å². The predicted molar refractivity (Wildman–Crippen MR) is 129 cm³/mol. The number of carbonyl (C=O) groups is 1. The highest BCUT2D eigenvalue weighted by Crippen LogP contribution is 2.31. The Balaban J connectivity index is 1.66. The van der Waals surface area contributed by atoms with Gasteiger partial charge in [-0.15, -0.1) is 10.2 Å². The van der Waals surface area contributed by atoms with Crippen LogP contribution in [0.5, 0.6) is 0 Å². The highest BCUT2D eigenvalue weighted by atomic mass is 35.5. The molecule has 5 rings (SSSR count). The van der Waals surface area contributed by atoms with Crippen LogP contribution in [0.2, 0.25) is 5.02 Å². The number of methoxy groups -OCH3 is 1. The molecular weight excluding hydrogens is 440 g/mol. The van der Waals surface area contributed by atoms with E-state index >= 15 is 0 Å². The number of hydrogen-bond donors (Lipinski definition) is 0. The van der Waals surface area contributed by atoms with E-state index in [0.717, 1.165) is 52.4 Å². The number of rotatable bonds is 4. The number of hydrogen-bond acceptors (Lipinski definition) is 6. The summed E-state index contributed by atoms with van der Waals surface area (Å²) in [5, 5.41) is 10.7. The Kier molecular flexibility index (Phi) is 5.86. The summed E-state index contributed by atoms with van der Waals surface area (Å²) < 4.78 is 7.07. The first-order valence-corrected chi connectivity index (χ1v) is 11.4. The molecule has 0 unspecified atom stereocenters. The molecule has 0 radical (unpaired) electrons. The normalized spacial score (nSPS) is 14.8. The first kappa shape index (κ1) is 21.6. The van der Waals surface area contributed by atoms with Gasteiger partial charge in [0, 0.05) is 49.3 Å². The van der Waals surface area contributed by atoms with Gasteiger partial charge in [-0.1, -0.05) is 35.9 Å².